The predicted molar refractivity (Wildman–Crippen MR) is 116 cm³/mol. The van der Waals surface area contributed by atoms with E-state index in [0.717, 1.165) is 51.8 Å². The molecule has 0 saturated carbocycles. The lowest BCUT2D eigenvalue weighted by Crippen LogP contribution is -2.02. The van der Waals surface area contributed by atoms with Crippen molar-refractivity contribution in [3.8, 4) is 16.9 Å². The first-order chi connectivity index (χ1) is 13.8. The highest BCUT2D eigenvalue weighted by molar-refractivity contribution is 9.09. The van der Waals surface area contributed by atoms with Crippen molar-refractivity contribution in [3.63, 3.8) is 0 Å². The molecule has 2 aromatic carbocycles. The van der Waals surface area contributed by atoms with Gasteiger partial charge in [0.2, 0.25) is 0 Å². The summed E-state index contributed by atoms with van der Waals surface area (Å²) < 4.78 is 7.89. The van der Waals surface area contributed by atoms with Crippen molar-refractivity contribution >= 4 is 27.3 Å². The average Bonchev–Trinajstić information content (AvgIpc) is 3.12. The molecular weight excluding hydrogens is 416 g/mol. The summed E-state index contributed by atoms with van der Waals surface area (Å²) in [5.74, 6) is 1.30. The van der Waals surface area contributed by atoms with Crippen LogP contribution in [0, 0.1) is 0 Å². The Morgan fingerprint density at radius 1 is 1.04 bits per heavy atom. The van der Waals surface area contributed by atoms with Gasteiger partial charge in [0, 0.05) is 16.6 Å². The maximum absolute atomic E-state index is 6.20. The maximum atomic E-state index is 6.20. The molecule has 0 amide bonds. The number of nitrogens with two attached hydrogens (primary N) is 1. The van der Waals surface area contributed by atoms with Crippen LogP contribution in [0.4, 0.5) is 5.82 Å². The van der Waals surface area contributed by atoms with Crippen LogP contribution in [-0.2, 0) is 13.0 Å². The van der Waals surface area contributed by atoms with E-state index in [1.54, 1.807) is 0 Å². The largest absolute Gasteiger partial charge is 0.489 e. The van der Waals surface area contributed by atoms with E-state index in [0.29, 0.717) is 12.4 Å². The standard InChI is InChI=1S/C22H21BrN4O/c23-11-5-9-18-13-20(21-22(24)25-15-26-27(18)21)17-8-4-10-19(12-17)28-14-16-6-2-1-3-7-16/h1-4,6-8,10,12-13,15H,5,9,11,14H2,(H2,24,25,26). The van der Waals surface area contributed by atoms with Gasteiger partial charge in [-0.15, -0.1) is 0 Å². The van der Waals surface area contributed by atoms with E-state index in [1.807, 2.05) is 40.9 Å². The van der Waals surface area contributed by atoms with E-state index < -0.39 is 0 Å². The first-order valence-electron chi connectivity index (χ1n) is 9.20. The molecule has 0 aliphatic rings. The summed E-state index contributed by atoms with van der Waals surface area (Å²) in [5.41, 5.74) is 11.4. The summed E-state index contributed by atoms with van der Waals surface area (Å²) in [6, 6.07) is 20.4. The first kappa shape index (κ1) is 18.5. The molecule has 2 N–H and O–H groups in total. The van der Waals surface area contributed by atoms with E-state index in [9.17, 15) is 0 Å². The molecule has 142 valence electrons. The van der Waals surface area contributed by atoms with E-state index >= 15 is 0 Å². The van der Waals surface area contributed by atoms with Gasteiger partial charge in [-0.1, -0.05) is 58.4 Å². The molecule has 2 aromatic heterocycles. The van der Waals surface area contributed by atoms with Gasteiger partial charge in [-0.3, -0.25) is 0 Å². The minimum atomic E-state index is 0.477. The lowest BCUT2D eigenvalue weighted by Gasteiger charge is -2.08. The Labute approximate surface area is 172 Å². The van der Waals surface area contributed by atoms with Crippen LogP contribution >= 0.6 is 15.9 Å². The zero-order chi connectivity index (χ0) is 19.3. The fourth-order valence-electron chi connectivity index (χ4n) is 3.27. The third kappa shape index (κ3) is 3.87. The number of nitrogens with zero attached hydrogens (tertiary/aromatic N) is 3. The molecule has 0 bridgehead atoms. The number of ether oxygens (including phenoxy) is 1. The number of fused-ring (bicyclic) bond motifs is 1. The molecule has 0 unspecified atom stereocenters. The Morgan fingerprint density at radius 3 is 2.71 bits per heavy atom. The van der Waals surface area contributed by atoms with Gasteiger partial charge in [0.25, 0.3) is 0 Å². The van der Waals surface area contributed by atoms with Crippen LogP contribution in [0.25, 0.3) is 16.6 Å². The van der Waals surface area contributed by atoms with Crippen LogP contribution in [0.2, 0.25) is 0 Å². The van der Waals surface area contributed by atoms with Crippen LogP contribution in [0.5, 0.6) is 5.75 Å². The van der Waals surface area contributed by atoms with E-state index in [1.165, 1.54) is 6.33 Å². The molecule has 4 aromatic rings. The quantitative estimate of drug-likeness (QED) is 0.419. The smallest absolute Gasteiger partial charge is 0.151 e. The molecule has 0 aliphatic heterocycles. The molecule has 0 saturated heterocycles. The minimum absolute atomic E-state index is 0.477. The van der Waals surface area contributed by atoms with Crippen molar-refractivity contribution in [1.29, 1.82) is 0 Å². The number of aromatic nitrogens is 3. The van der Waals surface area contributed by atoms with Crippen molar-refractivity contribution in [3.05, 3.63) is 78.2 Å². The van der Waals surface area contributed by atoms with Gasteiger partial charge in [-0.05, 0) is 42.2 Å². The number of hydrogen-bond donors (Lipinski definition) is 1. The van der Waals surface area contributed by atoms with Gasteiger partial charge in [0.15, 0.2) is 5.82 Å². The molecule has 0 atom stereocenters. The van der Waals surface area contributed by atoms with Crippen molar-refractivity contribution in [2.45, 2.75) is 19.4 Å². The Balaban J connectivity index is 1.68. The SMILES string of the molecule is Nc1ncnn2c(CCCBr)cc(-c3cccc(OCc4ccccc4)c3)c12. The second kappa shape index (κ2) is 8.44. The van der Waals surface area contributed by atoms with Crippen LogP contribution in [0.3, 0.4) is 0 Å². The first-order valence-corrected chi connectivity index (χ1v) is 10.3. The summed E-state index contributed by atoms with van der Waals surface area (Å²) in [6.45, 7) is 0.530. The molecule has 0 aliphatic carbocycles. The second-order valence-electron chi connectivity index (χ2n) is 6.55. The molecule has 6 heteroatoms. The van der Waals surface area contributed by atoms with Gasteiger partial charge in [0.05, 0.1) is 0 Å². The van der Waals surface area contributed by atoms with Gasteiger partial charge in [-0.25, -0.2) is 9.50 Å². The average molecular weight is 437 g/mol. The summed E-state index contributed by atoms with van der Waals surface area (Å²) in [7, 11) is 0. The van der Waals surface area contributed by atoms with Crippen LogP contribution in [-0.4, -0.2) is 19.9 Å². The summed E-state index contributed by atoms with van der Waals surface area (Å²) >= 11 is 3.50. The van der Waals surface area contributed by atoms with Crippen molar-refractivity contribution in [2.75, 3.05) is 11.1 Å². The predicted octanol–water partition coefficient (Wildman–Crippen LogP) is 4.89. The van der Waals surface area contributed by atoms with Crippen molar-refractivity contribution < 1.29 is 4.74 Å². The van der Waals surface area contributed by atoms with E-state index in [-0.39, 0.29) is 0 Å². The number of aryl methyl sites for hydroxylation is 1. The lowest BCUT2D eigenvalue weighted by molar-refractivity contribution is 0.306. The normalized spacial score (nSPS) is 11.0. The Bertz CT molecular complexity index is 1080. The highest BCUT2D eigenvalue weighted by Crippen LogP contribution is 2.32. The molecule has 0 fully saturated rings. The highest BCUT2D eigenvalue weighted by Gasteiger charge is 2.15. The zero-order valence-electron chi connectivity index (χ0n) is 15.4. The molecule has 28 heavy (non-hydrogen) atoms. The summed E-state index contributed by atoms with van der Waals surface area (Å²) in [4.78, 5) is 4.19. The van der Waals surface area contributed by atoms with Gasteiger partial charge in [0.1, 0.15) is 24.2 Å². The number of benzene rings is 2. The number of hydrogen-bond acceptors (Lipinski definition) is 4. The van der Waals surface area contributed by atoms with E-state index in [2.05, 4.69) is 50.3 Å². The maximum Gasteiger partial charge on any atom is 0.151 e. The summed E-state index contributed by atoms with van der Waals surface area (Å²) in [5, 5.41) is 5.36. The molecule has 5 nitrogen and oxygen atoms in total. The number of halogens is 1. The fraction of sp³-hybridized carbons (Fsp3) is 0.182. The third-order valence-corrected chi connectivity index (χ3v) is 5.18. The Morgan fingerprint density at radius 2 is 1.89 bits per heavy atom. The molecule has 0 radical (unpaired) electrons. The van der Waals surface area contributed by atoms with Crippen LogP contribution in [0.15, 0.2) is 67.0 Å². The minimum Gasteiger partial charge on any atom is -0.489 e. The van der Waals surface area contributed by atoms with Gasteiger partial charge < -0.3 is 10.5 Å². The molecular formula is C22H21BrN4O. The van der Waals surface area contributed by atoms with Crippen LogP contribution in [0.1, 0.15) is 17.7 Å². The van der Waals surface area contributed by atoms with Crippen LogP contribution < -0.4 is 10.5 Å². The third-order valence-electron chi connectivity index (χ3n) is 4.62. The topological polar surface area (TPSA) is 65.4 Å². The van der Waals surface area contributed by atoms with E-state index in [4.69, 9.17) is 10.5 Å². The Hall–Kier alpha value is -2.86. The van der Waals surface area contributed by atoms with Gasteiger partial charge >= 0.3 is 0 Å². The monoisotopic (exact) mass is 436 g/mol. The van der Waals surface area contributed by atoms with Crippen molar-refractivity contribution in [1.82, 2.24) is 14.6 Å². The van der Waals surface area contributed by atoms with Gasteiger partial charge in [-0.2, -0.15) is 5.10 Å². The fourth-order valence-corrected chi connectivity index (χ4v) is 3.55. The summed E-state index contributed by atoms with van der Waals surface area (Å²) in [6.07, 6.45) is 3.44. The molecule has 0 spiro atoms. The van der Waals surface area contributed by atoms with Crippen molar-refractivity contribution in [2.24, 2.45) is 0 Å². The number of alkyl halides is 1. The molecule has 2 heterocycles. The zero-order valence-corrected chi connectivity index (χ0v) is 17.0. The number of nitrogen functional groups attached to an aromatic ring is 1. The number of anilines is 1. The lowest BCUT2D eigenvalue weighted by atomic mass is 10.1. The second-order valence-corrected chi connectivity index (χ2v) is 7.34. The molecule has 4 rings (SSSR count). The Kier molecular flexibility index (Phi) is 5.58. The number of rotatable bonds is 7. The highest BCUT2D eigenvalue weighted by atomic mass is 79.9.